The van der Waals surface area contributed by atoms with Crippen LogP contribution in [0.4, 0.5) is 0 Å². The first-order valence-electron chi connectivity index (χ1n) is 8.45. The van der Waals surface area contributed by atoms with E-state index in [1.807, 2.05) is 4.90 Å². The van der Waals surface area contributed by atoms with Crippen molar-refractivity contribution in [3.05, 3.63) is 0 Å². The van der Waals surface area contributed by atoms with Crippen molar-refractivity contribution >= 4 is 5.91 Å². The normalized spacial score (nSPS) is 30.1. The van der Waals surface area contributed by atoms with Crippen molar-refractivity contribution in [1.82, 2.24) is 14.7 Å². The average Bonchev–Trinajstić information content (AvgIpc) is 2.93. The molecule has 6 nitrogen and oxygen atoms in total. The van der Waals surface area contributed by atoms with Gasteiger partial charge in [-0.15, -0.1) is 0 Å². The van der Waals surface area contributed by atoms with Gasteiger partial charge in [0.1, 0.15) is 6.61 Å². The molecule has 6 heteroatoms. The van der Waals surface area contributed by atoms with Gasteiger partial charge in [0.25, 0.3) is 0 Å². The number of piperidine rings is 1. The number of ether oxygens (including phenoxy) is 2. The van der Waals surface area contributed by atoms with E-state index in [1.54, 1.807) is 7.11 Å². The SMILES string of the molecule is COCC(=O)N1CCC2(CC1)C[C@H](N1CCN(C)CC1)CO2. The van der Waals surface area contributed by atoms with Gasteiger partial charge in [0.15, 0.2) is 0 Å². The molecule has 0 bridgehead atoms. The van der Waals surface area contributed by atoms with Crippen LogP contribution < -0.4 is 0 Å². The second-order valence-corrected chi connectivity index (χ2v) is 7.01. The third-order valence-corrected chi connectivity index (χ3v) is 5.54. The summed E-state index contributed by atoms with van der Waals surface area (Å²) in [4.78, 5) is 18.8. The largest absolute Gasteiger partial charge is 0.375 e. The summed E-state index contributed by atoms with van der Waals surface area (Å²) >= 11 is 0. The Labute approximate surface area is 133 Å². The summed E-state index contributed by atoms with van der Waals surface area (Å²) in [5.74, 6) is 0.103. The minimum atomic E-state index is 0.0118. The molecule has 3 aliphatic rings. The summed E-state index contributed by atoms with van der Waals surface area (Å²) in [6, 6.07) is 0.565. The number of likely N-dealkylation sites (N-methyl/N-ethyl adjacent to an activating group) is 1. The molecule has 3 fully saturated rings. The zero-order chi connectivity index (χ0) is 15.6. The Kier molecular flexibility index (Phi) is 5.02. The highest BCUT2D eigenvalue weighted by molar-refractivity contribution is 5.77. The predicted octanol–water partition coefficient (Wildman–Crippen LogP) is 0.0303. The van der Waals surface area contributed by atoms with Gasteiger partial charge in [-0.25, -0.2) is 0 Å². The van der Waals surface area contributed by atoms with Gasteiger partial charge in [-0.2, -0.15) is 0 Å². The fraction of sp³-hybridized carbons (Fsp3) is 0.938. The van der Waals surface area contributed by atoms with Crippen molar-refractivity contribution in [1.29, 1.82) is 0 Å². The molecule has 1 amide bonds. The molecule has 126 valence electrons. The molecule has 0 aromatic rings. The molecule has 0 aromatic carbocycles. The molecular weight excluding hydrogens is 282 g/mol. The monoisotopic (exact) mass is 311 g/mol. The molecule has 22 heavy (non-hydrogen) atoms. The summed E-state index contributed by atoms with van der Waals surface area (Å²) < 4.78 is 11.2. The molecule has 3 aliphatic heterocycles. The number of nitrogens with zero attached hydrogens (tertiary/aromatic N) is 3. The summed E-state index contributed by atoms with van der Waals surface area (Å²) in [5.41, 5.74) is 0.0118. The Morgan fingerprint density at radius 2 is 1.86 bits per heavy atom. The molecule has 0 aliphatic carbocycles. The van der Waals surface area contributed by atoms with Crippen LogP contribution in [0.2, 0.25) is 0 Å². The molecule has 1 atom stereocenters. The highest BCUT2D eigenvalue weighted by Crippen LogP contribution is 2.37. The van der Waals surface area contributed by atoms with Crippen LogP contribution in [0.25, 0.3) is 0 Å². The smallest absolute Gasteiger partial charge is 0.248 e. The van der Waals surface area contributed by atoms with Crippen LogP contribution in [0, 0.1) is 0 Å². The van der Waals surface area contributed by atoms with Gasteiger partial charge in [-0.05, 0) is 26.3 Å². The Morgan fingerprint density at radius 3 is 2.50 bits per heavy atom. The second kappa shape index (κ2) is 6.83. The Morgan fingerprint density at radius 1 is 1.18 bits per heavy atom. The number of carbonyl (C=O) groups excluding carboxylic acids is 1. The number of amides is 1. The van der Waals surface area contributed by atoms with Crippen molar-refractivity contribution in [2.24, 2.45) is 0 Å². The quantitative estimate of drug-likeness (QED) is 0.736. The molecule has 0 saturated carbocycles. The third-order valence-electron chi connectivity index (χ3n) is 5.54. The van der Waals surface area contributed by atoms with Crippen LogP contribution in [-0.2, 0) is 14.3 Å². The lowest BCUT2D eigenvalue weighted by atomic mass is 9.87. The minimum Gasteiger partial charge on any atom is -0.375 e. The summed E-state index contributed by atoms with van der Waals surface area (Å²) in [6.45, 7) is 7.27. The van der Waals surface area contributed by atoms with Gasteiger partial charge in [0, 0.05) is 52.4 Å². The van der Waals surface area contributed by atoms with E-state index < -0.39 is 0 Å². The minimum absolute atomic E-state index is 0.0118. The highest BCUT2D eigenvalue weighted by atomic mass is 16.5. The molecule has 0 aromatic heterocycles. The van der Waals surface area contributed by atoms with E-state index in [0.29, 0.717) is 6.04 Å². The van der Waals surface area contributed by atoms with E-state index in [0.717, 1.165) is 65.1 Å². The summed E-state index contributed by atoms with van der Waals surface area (Å²) in [5, 5.41) is 0. The first-order valence-corrected chi connectivity index (χ1v) is 8.45. The van der Waals surface area contributed by atoms with Crippen LogP contribution in [0.15, 0.2) is 0 Å². The van der Waals surface area contributed by atoms with Gasteiger partial charge < -0.3 is 19.3 Å². The average molecular weight is 311 g/mol. The molecule has 3 heterocycles. The topological polar surface area (TPSA) is 45.2 Å². The third kappa shape index (κ3) is 3.45. The van der Waals surface area contributed by atoms with E-state index in [4.69, 9.17) is 9.47 Å². The van der Waals surface area contributed by atoms with Crippen molar-refractivity contribution < 1.29 is 14.3 Å². The van der Waals surface area contributed by atoms with Crippen molar-refractivity contribution in [3.63, 3.8) is 0 Å². The van der Waals surface area contributed by atoms with Crippen LogP contribution >= 0.6 is 0 Å². The number of piperazine rings is 1. The first kappa shape index (κ1) is 16.2. The van der Waals surface area contributed by atoms with Crippen LogP contribution in [0.1, 0.15) is 19.3 Å². The van der Waals surface area contributed by atoms with Gasteiger partial charge in [0.2, 0.25) is 5.91 Å². The van der Waals surface area contributed by atoms with Crippen LogP contribution in [0.3, 0.4) is 0 Å². The molecule has 0 N–H and O–H groups in total. The molecular formula is C16H29N3O3. The number of likely N-dealkylation sites (tertiary alicyclic amines) is 1. The lowest BCUT2D eigenvalue weighted by Gasteiger charge is -2.40. The maximum absolute atomic E-state index is 11.9. The molecule has 1 spiro atoms. The van der Waals surface area contributed by atoms with Crippen molar-refractivity contribution in [2.75, 3.05) is 66.6 Å². The van der Waals surface area contributed by atoms with Crippen molar-refractivity contribution in [2.45, 2.75) is 30.9 Å². The Hall–Kier alpha value is -0.690. The van der Waals surface area contributed by atoms with Crippen molar-refractivity contribution in [3.8, 4) is 0 Å². The van der Waals surface area contributed by atoms with E-state index >= 15 is 0 Å². The second-order valence-electron chi connectivity index (χ2n) is 7.01. The van der Waals surface area contributed by atoms with E-state index in [2.05, 4.69) is 16.8 Å². The van der Waals surface area contributed by atoms with Gasteiger partial charge >= 0.3 is 0 Å². The number of methoxy groups -OCH3 is 1. The maximum Gasteiger partial charge on any atom is 0.248 e. The standard InChI is InChI=1S/C16H29N3O3/c1-17-7-9-18(10-8-17)14-11-16(22-12-14)3-5-19(6-4-16)15(20)13-21-2/h14H,3-13H2,1-2H3/t14-/m0/s1. The van der Waals surface area contributed by atoms with E-state index in [9.17, 15) is 4.79 Å². The van der Waals surface area contributed by atoms with E-state index in [-0.39, 0.29) is 18.1 Å². The lowest BCUT2D eigenvalue weighted by Crippen LogP contribution is -2.50. The lowest BCUT2D eigenvalue weighted by molar-refractivity contribution is -0.139. The first-order chi connectivity index (χ1) is 10.6. The molecule has 0 unspecified atom stereocenters. The predicted molar refractivity (Wildman–Crippen MR) is 83.8 cm³/mol. The fourth-order valence-electron chi connectivity index (χ4n) is 3.97. The van der Waals surface area contributed by atoms with E-state index in [1.165, 1.54) is 0 Å². The van der Waals surface area contributed by atoms with Gasteiger partial charge in [-0.3, -0.25) is 9.69 Å². The number of hydrogen-bond donors (Lipinski definition) is 0. The molecule has 3 rings (SSSR count). The number of rotatable bonds is 3. The zero-order valence-corrected chi connectivity index (χ0v) is 13.9. The van der Waals surface area contributed by atoms with Gasteiger partial charge in [-0.1, -0.05) is 0 Å². The summed E-state index contributed by atoms with van der Waals surface area (Å²) in [7, 11) is 3.76. The zero-order valence-electron chi connectivity index (χ0n) is 13.9. The van der Waals surface area contributed by atoms with Crippen LogP contribution in [-0.4, -0.2) is 98.9 Å². The van der Waals surface area contributed by atoms with Crippen LogP contribution in [0.5, 0.6) is 0 Å². The fourth-order valence-corrected chi connectivity index (χ4v) is 3.97. The number of carbonyl (C=O) groups is 1. The Balaban J connectivity index is 1.49. The highest BCUT2D eigenvalue weighted by Gasteiger charge is 2.45. The maximum atomic E-state index is 11.9. The molecule has 0 radical (unpaired) electrons. The summed E-state index contributed by atoms with van der Waals surface area (Å²) in [6.07, 6.45) is 3.06. The molecule has 3 saturated heterocycles. The Bertz CT molecular complexity index is 388. The van der Waals surface area contributed by atoms with Gasteiger partial charge in [0.05, 0.1) is 12.2 Å². The number of hydrogen-bond acceptors (Lipinski definition) is 5.